The van der Waals surface area contributed by atoms with Crippen molar-refractivity contribution in [2.24, 2.45) is 23.3 Å². The summed E-state index contributed by atoms with van der Waals surface area (Å²) in [5, 5.41) is 0. The summed E-state index contributed by atoms with van der Waals surface area (Å²) in [6, 6.07) is 19.8. The summed E-state index contributed by atoms with van der Waals surface area (Å²) in [5.74, 6) is 0.410. The third-order valence-corrected chi connectivity index (χ3v) is 5.36. The first-order valence-electron chi connectivity index (χ1n) is 9.06. The maximum absolute atomic E-state index is 12.7. The largest absolute Gasteiger partial charge is 0.369 e. The molecule has 0 aromatic heterocycles. The zero-order chi connectivity index (χ0) is 18.4. The van der Waals surface area contributed by atoms with Gasteiger partial charge in [0.1, 0.15) is 0 Å². The number of carbonyl (C=O) groups excluding carboxylic acids is 1. The quantitative estimate of drug-likeness (QED) is 0.767. The molecule has 2 aromatic rings. The summed E-state index contributed by atoms with van der Waals surface area (Å²) >= 11 is 0. The minimum Gasteiger partial charge on any atom is -0.369 e. The minimum absolute atomic E-state index is 0.108. The summed E-state index contributed by atoms with van der Waals surface area (Å²) in [7, 11) is 0. The maximum Gasteiger partial charge on any atom is 0.232 e. The molecule has 0 radical (unpaired) electrons. The van der Waals surface area contributed by atoms with E-state index in [1.54, 1.807) is 0 Å². The van der Waals surface area contributed by atoms with Crippen molar-refractivity contribution in [2.45, 2.75) is 45.1 Å². The first kappa shape index (κ1) is 19.2. The number of primary amides is 1. The lowest BCUT2D eigenvalue weighted by atomic mass is 9.69. The van der Waals surface area contributed by atoms with Gasteiger partial charge in [-0.15, -0.1) is 0 Å². The molecule has 134 valence electrons. The smallest absolute Gasteiger partial charge is 0.232 e. The van der Waals surface area contributed by atoms with Gasteiger partial charge in [-0.05, 0) is 35.8 Å². The van der Waals surface area contributed by atoms with Gasteiger partial charge in [-0.1, -0.05) is 81.4 Å². The van der Waals surface area contributed by atoms with E-state index < -0.39 is 5.41 Å². The van der Waals surface area contributed by atoms with E-state index >= 15 is 0 Å². The molecule has 0 aliphatic rings. The number of benzene rings is 2. The number of rotatable bonds is 8. The van der Waals surface area contributed by atoms with Crippen molar-refractivity contribution in [1.29, 1.82) is 0 Å². The standard InChI is InChI=1S/C22H30N2O/c1-16(2)20(23)17(3)14-15-22(21(24)25,18-10-6-4-7-11-18)19-12-8-5-9-13-19/h4-13,16-17,20H,14-15,23H2,1-3H3,(H2,24,25). The van der Waals surface area contributed by atoms with Crippen LogP contribution in [-0.4, -0.2) is 11.9 Å². The van der Waals surface area contributed by atoms with Crippen LogP contribution in [0.5, 0.6) is 0 Å². The van der Waals surface area contributed by atoms with E-state index in [4.69, 9.17) is 11.5 Å². The van der Waals surface area contributed by atoms with Gasteiger partial charge in [0.25, 0.3) is 0 Å². The molecule has 2 rings (SSSR count). The molecule has 0 aliphatic carbocycles. The van der Waals surface area contributed by atoms with Crippen LogP contribution in [0.4, 0.5) is 0 Å². The molecule has 0 heterocycles. The lowest BCUT2D eigenvalue weighted by molar-refractivity contribution is -0.122. The highest BCUT2D eigenvalue weighted by molar-refractivity contribution is 5.90. The van der Waals surface area contributed by atoms with Crippen LogP contribution in [0.2, 0.25) is 0 Å². The molecule has 2 atom stereocenters. The van der Waals surface area contributed by atoms with Crippen molar-refractivity contribution >= 4 is 5.91 Å². The lowest BCUT2D eigenvalue weighted by Gasteiger charge is -2.34. The zero-order valence-electron chi connectivity index (χ0n) is 15.5. The third-order valence-electron chi connectivity index (χ3n) is 5.36. The van der Waals surface area contributed by atoms with Crippen LogP contribution in [0.3, 0.4) is 0 Å². The average Bonchev–Trinajstić information content (AvgIpc) is 2.62. The van der Waals surface area contributed by atoms with Crippen molar-refractivity contribution in [1.82, 2.24) is 0 Å². The SMILES string of the molecule is CC(C)C(N)C(C)CCC(C(N)=O)(c1ccccc1)c1ccccc1. The topological polar surface area (TPSA) is 69.1 Å². The normalized spacial score (nSPS) is 14.3. The van der Waals surface area contributed by atoms with Crippen molar-refractivity contribution in [2.75, 3.05) is 0 Å². The van der Waals surface area contributed by atoms with Crippen LogP contribution in [0, 0.1) is 11.8 Å². The van der Waals surface area contributed by atoms with Crippen molar-refractivity contribution < 1.29 is 4.79 Å². The Kier molecular flexibility index (Phi) is 6.38. The van der Waals surface area contributed by atoms with E-state index in [0.717, 1.165) is 17.5 Å². The molecular weight excluding hydrogens is 308 g/mol. The number of hydrogen-bond acceptors (Lipinski definition) is 2. The molecule has 1 amide bonds. The summed E-state index contributed by atoms with van der Waals surface area (Å²) in [6.07, 6.45) is 1.49. The van der Waals surface area contributed by atoms with Crippen LogP contribution in [0.1, 0.15) is 44.7 Å². The van der Waals surface area contributed by atoms with Crippen LogP contribution >= 0.6 is 0 Å². The lowest BCUT2D eigenvalue weighted by Crippen LogP contribution is -2.43. The van der Waals surface area contributed by atoms with Crippen LogP contribution in [-0.2, 0) is 10.2 Å². The molecular formula is C22H30N2O. The van der Waals surface area contributed by atoms with Gasteiger partial charge in [-0.25, -0.2) is 0 Å². The molecule has 2 aromatic carbocycles. The first-order chi connectivity index (χ1) is 11.9. The molecule has 0 saturated heterocycles. The van der Waals surface area contributed by atoms with E-state index in [2.05, 4.69) is 20.8 Å². The second-order valence-electron chi connectivity index (χ2n) is 7.34. The van der Waals surface area contributed by atoms with E-state index in [9.17, 15) is 4.79 Å². The molecule has 2 unspecified atom stereocenters. The van der Waals surface area contributed by atoms with Gasteiger partial charge in [-0.3, -0.25) is 4.79 Å². The van der Waals surface area contributed by atoms with E-state index in [1.807, 2.05) is 60.7 Å². The summed E-state index contributed by atoms with van der Waals surface area (Å²) in [6.45, 7) is 6.43. The second-order valence-corrected chi connectivity index (χ2v) is 7.34. The molecule has 0 aliphatic heterocycles. The van der Waals surface area contributed by atoms with Crippen molar-refractivity contribution in [3.05, 3.63) is 71.8 Å². The monoisotopic (exact) mass is 338 g/mol. The number of nitrogens with two attached hydrogens (primary N) is 2. The Morgan fingerprint density at radius 1 is 0.920 bits per heavy atom. The highest BCUT2D eigenvalue weighted by atomic mass is 16.1. The van der Waals surface area contributed by atoms with E-state index in [-0.39, 0.29) is 11.9 Å². The van der Waals surface area contributed by atoms with Gasteiger partial charge >= 0.3 is 0 Å². The number of amides is 1. The summed E-state index contributed by atoms with van der Waals surface area (Å²) in [4.78, 5) is 12.7. The number of hydrogen-bond donors (Lipinski definition) is 2. The molecule has 0 saturated carbocycles. The van der Waals surface area contributed by atoms with Gasteiger partial charge < -0.3 is 11.5 Å². The van der Waals surface area contributed by atoms with E-state index in [1.165, 1.54) is 0 Å². The Balaban J connectivity index is 2.44. The third kappa shape index (κ3) is 4.10. The van der Waals surface area contributed by atoms with Crippen LogP contribution in [0.15, 0.2) is 60.7 Å². The van der Waals surface area contributed by atoms with Crippen molar-refractivity contribution in [3.8, 4) is 0 Å². The molecule has 3 nitrogen and oxygen atoms in total. The fraction of sp³-hybridized carbons (Fsp3) is 0.409. The zero-order valence-corrected chi connectivity index (χ0v) is 15.5. The fourth-order valence-electron chi connectivity index (χ4n) is 3.60. The minimum atomic E-state index is -0.826. The van der Waals surface area contributed by atoms with Crippen molar-refractivity contribution in [3.63, 3.8) is 0 Å². The Bertz CT molecular complexity index is 627. The Morgan fingerprint density at radius 2 is 1.36 bits per heavy atom. The average molecular weight is 338 g/mol. The molecule has 3 heteroatoms. The van der Waals surface area contributed by atoms with Gasteiger partial charge in [-0.2, -0.15) is 0 Å². The van der Waals surface area contributed by atoms with Gasteiger partial charge in [0.15, 0.2) is 0 Å². The van der Waals surface area contributed by atoms with E-state index in [0.29, 0.717) is 18.3 Å². The maximum atomic E-state index is 12.7. The molecule has 4 N–H and O–H groups in total. The molecule has 0 fully saturated rings. The van der Waals surface area contributed by atoms with Gasteiger partial charge in [0.2, 0.25) is 5.91 Å². The summed E-state index contributed by atoms with van der Waals surface area (Å²) in [5.41, 5.74) is 13.4. The predicted molar refractivity (Wildman–Crippen MR) is 104 cm³/mol. The van der Waals surface area contributed by atoms with Crippen LogP contribution < -0.4 is 11.5 Å². The second kappa shape index (κ2) is 8.30. The fourth-order valence-corrected chi connectivity index (χ4v) is 3.60. The summed E-state index contributed by atoms with van der Waals surface area (Å²) < 4.78 is 0. The molecule has 25 heavy (non-hydrogen) atoms. The molecule has 0 spiro atoms. The number of carbonyl (C=O) groups is 1. The molecule has 0 bridgehead atoms. The van der Waals surface area contributed by atoms with Crippen LogP contribution in [0.25, 0.3) is 0 Å². The highest BCUT2D eigenvalue weighted by Gasteiger charge is 2.40. The van der Waals surface area contributed by atoms with Gasteiger partial charge in [0, 0.05) is 6.04 Å². The highest BCUT2D eigenvalue weighted by Crippen LogP contribution is 2.38. The van der Waals surface area contributed by atoms with Gasteiger partial charge in [0.05, 0.1) is 5.41 Å². The Hall–Kier alpha value is -2.13. The Morgan fingerprint density at radius 3 is 1.72 bits per heavy atom. The Labute approximate surface area is 151 Å². The first-order valence-corrected chi connectivity index (χ1v) is 9.06. The predicted octanol–water partition coefficient (Wildman–Crippen LogP) is 3.86.